The number of benzene rings is 1. The minimum absolute atomic E-state index is 0.0247. The van der Waals surface area contributed by atoms with Crippen LogP contribution in [0, 0.1) is 6.92 Å². The van der Waals surface area contributed by atoms with E-state index in [-0.39, 0.29) is 29.1 Å². The first-order chi connectivity index (χ1) is 12.0. The highest BCUT2D eigenvalue weighted by atomic mass is 16.5. The van der Waals surface area contributed by atoms with Crippen LogP contribution in [0.1, 0.15) is 33.5 Å². The highest BCUT2D eigenvalue weighted by molar-refractivity contribution is 6.10. The summed E-state index contributed by atoms with van der Waals surface area (Å²) in [5, 5.41) is 10.1. The predicted molar refractivity (Wildman–Crippen MR) is 88.7 cm³/mol. The lowest BCUT2D eigenvalue weighted by molar-refractivity contribution is 0.0527. The van der Waals surface area contributed by atoms with E-state index >= 15 is 0 Å². The van der Waals surface area contributed by atoms with Crippen molar-refractivity contribution in [3.63, 3.8) is 0 Å². The fourth-order valence-corrected chi connectivity index (χ4v) is 2.36. The van der Waals surface area contributed by atoms with Crippen LogP contribution in [0.15, 0.2) is 35.3 Å². The summed E-state index contributed by atoms with van der Waals surface area (Å²) in [6, 6.07) is 6.42. The van der Waals surface area contributed by atoms with Crippen molar-refractivity contribution in [3.05, 3.63) is 57.8 Å². The van der Waals surface area contributed by atoms with Crippen molar-refractivity contribution in [1.82, 2.24) is 19.8 Å². The van der Waals surface area contributed by atoms with Crippen LogP contribution in [0.2, 0.25) is 0 Å². The molecule has 0 spiro atoms. The number of aromatic nitrogens is 4. The monoisotopic (exact) mass is 341 g/mol. The highest BCUT2D eigenvalue weighted by Gasteiger charge is 2.20. The standard InChI is InChI=1S/C16H15N5O4/c1-3-25-16(24)10-6-4-5-7-11(10)18-14(22)12-13-15(23)17-9(2)8-21(13)20-19-12/h4-8H,3H2,1-2H3,(H,17,23)(H,18,22). The van der Waals surface area contributed by atoms with E-state index in [4.69, 9.17) is 4.74 Å². The van der Waals surface area contributed by atoms with E-state index in [2.05, 4.69) is 20.6 Å². The van der Waals surface area contributed by atoms with Gasteiger partial charge in [0, 0.05) is 5.69 Å². The Kier molecular flexibility index (Phi) is 4.29. The molecule has 0 aliphatic heterocycles. The summed E-state index contributed by atoms with van der Waals surface area (Å²) in [7, 11) is 0. The lowest BCUT2D eigenvalue weighted by Crippen LogP contribution is -2.19. The Balaban J connectivity index is 1.97. The number of para-hydroxylation sites is 1. The van der Waals surface area contributed by atoms with Crippen molar-refractivity contribution in [2.75, 3.05) is 11.9 Å². The van der Waals surface area contributed by atoms with Gasteiger partial charge in [0.05, 0.1) is 24.1 Å². The third-order valence-electron chi connectivity index (χ3n) is 3.42. The number of ether oxygens (including phenoxy) is 1. The fourth-order valence-electron chi connectivity index (χ4n) is 2.36. The zero-order valence-electron chi connectivity index (χ0n) is 13.6. The Morgan fingerprint density at radius 3 is 2.84 bits per heavy atom. The second-order valence-electron chi connectivity index (χ2n) is 5.22. The summed E-state index contributed by atoms with van der Waals surface area (Å²) in [6.07, 6.45) is 1.55. The number of carbonyl (C=O) groups is 2. The van der Waals surface area contributed by atoms with Gasteiger partial charge in [-0.25, -0.2) is 9.31 Å². The van der Waals surface area contributed by atoms with E-state index in [0.29, 0.717) is 5.69 Å². The Morgan fingerprint density at radius 1 is 1.32 bits per heavy atom. The van der Waals surface area contributed by atoms with E-state index in [9.17, 15) is 14.4 Å². The van der Waals surface area contributed by atoms with Crippen LogP contribution in [-0.4, -0.2) is 38.3 Å². The molecule has 2 N–H and O–H groups in total. The number of esters is 1. The third kappa shape index (κ3) is 3.11. The highest BCUT2D eigenvalue weighted by Crippen LogP contribution is 2.17. The molecule has 3 rings (SSSR count). The van der Waals surface area contributed by atoms with Crippen molar-refractivity contribution in [1.29, 1.82) is 0 Å². The smallest absolute Gasteiger partial charge is 0.340 e. The molecule has 2 aromatic heterocycles. The lowest BCUT2D eigenvalue weighted by Gasteiger charge is -2.09. The minimum atomic E-state index is -0.652. The SMILES string of the molecule is CCOC(=O)c1ccccc1NC(=O)c1nnn2cc(C)[nH]c(=O)c12. The zero-order valence-corrected chi connectivity index (χ0v) is 13.6. The van der Waals surface area contributed by atoms with Gasteiger partial charge in [0.25, 0.3) is 11.5 Å². The molecule has 0 fully saturated rings. The van der Waals surface area contributed by atoms with Gasteiger partial charge in [0.2, 0.25) is 0 Å². The minimum Gasteiger partial charge on any atom is -0.462 e. The molecule has 0 bridgehead atoms. The Morgan fingerprint density at radius 2 is 2.08 bits per heavy atom. The van der Waals surface area contributed by atoms with Gasteiger partial charge in [-0.15, -0.1) is 5.10 Å². The number of H-pyrrole nitrogens is 1. The van der Waals surface area contributed by atoms with Crippen molar-refractivity contribution in [2.24, 2.45) is 0 Å². The van der Waals surface area contributed by atoms with E-state index in [1.807, 2.05) is 0 Å². The van der Waals surface area contributed by atoms with Crippen LogP contribution in [0.3, 0.4) is 0 Å². The number of hydrogen-bond donors (Lipinski definition) is 2. The normalized spacial score (nSPS) is 10.6. The van der Waals surface area contributed by atoms with Crippen LogP contribution in [-0.2, 0) is 4.74 Å². The quantitative estimate of drug-likeness (QED) is 0.687. The molecular weight excluding hydrogens is 326 g/mol. The van der Waals surface area contributed by atoms with Gasteiger partial charge in [-0.1, -0.05) is 17.3 Å². The Hall–Kier alpha value is -3.49. The number of hydrogen-bond acceptors (Lipinski definition) is 6. The average Bonchev–Trinajstić information content (AvgIpc) is 2.99. The number of rotatable bonds is 4. The summed E-state index contributed by atoms with van der Waals surface area (Å²) < 4.78 is 6.20. The molecule has 0 aliphatic rings. The van der Waals surface area contributed by atoms with Crippen LogP contribution >= 0.6 is 0 Å². The van der Waals surface area contributed by atoms with Crippen molar-refractivity contribution in [3.8, 4) is 0 Å². The Labute approximate surface area is 141 Å². The van der Waals surface area contributed by atoms with E-state index < -0.39 is 17.4 Å². The van der Waals surface area contributed by atoms with Crippen LogP contribution in [0.25, 0.3) is 5.52 Å². The molecule has 0 saturated heterocycles. The van der Waals surface area contributed by atoms with Gasteiger partial charge in [-0.05, 0) is 26.0 Å². The second kappa shape index (κ2) is 6.56. The summed E-state index contributed by atoms with van der Waals surface area (Å²) in [6.45, 7) is 3.60. The van der Waals surface area contributed by atoms with Crippen molar-refractivity contribution < 1.29 is 14.3 Å². The zero-order chi connectivity index (χ0) is 18.0. The molecule has 1 amide bonds. The maximum absolute atomic E-state index is 12.5. The topological polar surface area (TPSA) is 118 Å². The molecule has 128 valence electrons. The number of nitrogens with one attached hydrogen (secondary N) is 2. The molecule has 0 saturated carbocycles. The second-order valence-corrected chi connectivity index (χ2v) is 5.22. The van der Waals surface area contributed by atoms with E-state index in [0.717, 1.165) is 0 Å². The molecule has 25 heavy (non-hydrogen) atoms. The molecule has 2 heterocycles. The predicted octanol–water partition coefficient (Wildman–Crippen LogP) is 1.16. The average molecular weight is 341 g/mol. The number of nitrogens with zero attached hydrogens (tertiary/aromatic N) is 3. The molecule has 0 radical (unpaired) electrons. The summed E-state index contributed by atoms with van der Waals surface area (Å²) in [5.41, 5.74) is 0.460. The first-order valence-electron chi connectivity index (χ1n) is 7.53. The molecular formula is C16H15N5O4. The lowest BCUT2D eigenvalue weighted by atomic mass is 10.1. The van der Waals surface area contributed by atoms with Gasteiger partial charge < -0.3 is 15.0 Å². The first kappa shape index (κ1) is 16.4. The van der Waals surface area contributed by atoms with Gasteiger partial charge in [-0.3, -0.25) is 9.59 Å². The maximum atomic E-state index is 12.5. The molecule has 3 aromatic rings. The number of aryl methyl sites for hydroxylation is 1. The number of fused-ring (bicyclic) bond motifs is 1. The maximum Gasteiger partial charge on any atom is 0.340 e. The van der Waals surface area contributed by atoms with E-state index in [1.165, 1.54) is 10.6 Å². The van der Waals surface area contributed by atoms with Gasteiger partial charge >= 0.3 is 5.97 Å². The largest absolute Gasteiger partial charge is 0.462 e. The summed E-state index contributed by atoms with van der Waals surface area (Å²) in [5.74, 6) is -1.21. The summed E-state index contributed by atoms with van der Waals surface area (Å²) in [4.78, 5) is 39.2. The molecule has 1 aromatic carbocycles. The number of amides is 1. The van der Waals surface area contributed by atoms with Gasteiger partial charge in [0.15, 0.2) is 11.2 Å². The Bertz CT molecular complexity index is 1020. The fraction of sp³-hybridized carbons (Fsp3) is 0.188. The third-order valence-corrected chi connectivity index (χ3v) is 3.42. The summed E-state index contributed by atoms with van der Waals surface area (Å²) >= 11 is 0. The molecule has 0 atom stereocenters. The first-order valence-corrected chi connectivity index (χ1v) is 7.53. The number of anilines is 1. The van der Waals surface area contributed by atoms with Crippen LogP contribution < -0.4 is 10.9 Å². The van der Waals surface area contributed by atoms with Gasteiger partial charge in [-0.2, -0.15) is 0 Å². The van der Waals surface area contributed by atoms with Crippen LogP contribution in [0.4, 0.5) is 5.69 Å². The van der Waals surface area contributed by atoms with Gasteiger partial charge in [0.1, 0.15) is 0 Å². The molecule has 0 unspecified atom stereocenters. The number of aromatic amines is 1. The molecule has 9 nitrogen and oxygen atoms in total. The molecule has 9 heteroatoms. The van der Waals surface area contributed by atoms with E-state index in [1.54, 1.807) is 38.2 Å². The van der Waals surface area contributed by atoms with Crippen molar-refractivity contribution in [2.45, 2.75) is 13.8 Å². The van der Waals surface area contributed by atoms with Crippen molar-refractivity contribution >= 4 is 23.1 Å². The number of carbonyl (C=O) groups excluding carboxylic acids is 2. The molecule has 0 aliphatic carbocycles. The van der Waals surface area contributed by atoms with Crippen LogP contribution in [0.5, 0.6) is 0 Å².